The first-order chi connectivity index (χ1) is 46.7. The van der Waals surface area contributed by atoms with Gasteiger partial charge in [-0.25, -0.2) is 19.2 Å². The fourth-order valence-electron chi connectivity index (χ4n) is 25.7. The summed E-state index contributed by atoms with van der Waals surface area (Å²) in [5.74, 6) is 3.86. The highest BCUT2D eigenvalue weighted by Gasteiger charge is 2.74. The number of aliphatic carboxylic acids is 1. The fourth-order valence-corrected chi connectivity index (χ4v) is 25.7. The summed E-state index contributed by atoms with van der Waals surface area (Å²) in [6.07, 6.45) is 22.9. The molecule has 10 aliphatic carbocycles. The van der Waals surface area contributed by atoms with Gasteiger partial charge in [0.15, 0.2) is 0 Å². The smallest absolute Gasteiger partial charge is 0.408 e. The van der Waals surface area contributed by atoms with Crippen molar-refractivity contribution in [3.05, 3.63) is 24.3 Å². The number of alkyl carbamates (subject to hydrolysis) is 2. The minimum atomic E-state index is -0.801. The summed E-state index contributed by atoms with van der Waals surface area (Å²) in [7, 11) is 2.60. The van der Waals surface area contributed by atoms with Crippen LogP contribution in [-0.4, -0.2) is 103 Å². The summed E-state index contributed by atoms with van der Waals surface area (Å²) in [6.45, 7) is 49.1. The lowest BCUT2D eigenvalue weighted by Gasteiger charge is -2.72. The highest BCUT2D eigenvalue weighted by Crippen LogP contribution is 2.80. The first-order valence-corrected chi connectivity index (χ1v) is 39.5. The average molecular weight is 1410 g/mol. The van der Waals surface area contributed by atoms with Gasteiger partial charge in [-0.3, -0.25) is 19.2 Å². The summed E-state index contributed by atoms with van der Waals surface area (Å²) < 4.78 is 20.0. The van der Waals surface area contributed by atoms with Crippen molar-refractivity contribution in [2.75, 3.05) is 27.3 Å². The largest absolute Gasteiger partial charge is 0.481 e. The summed E-state index contributed by atoms with van der Waals surface area (Å²) >= 11 is 0. The van der Waals surface area contributed by atoms with E-state index in [1.165, 1.54) is 51.0 Å². The predicted octanol–water partition coefficient (Wildman–Crippen LogP) is 17.0. The van der Waals surface area contributed by atoms with Crippen LogP contribution in [0.1, 0.15) is 292 Å². The van der Waals surface area contributed by atoms with Crippen molar-refractivity contribution in [3.8, 4) is 0 Å². The van der Waals surface area contributed by atoms with Crippen LogP contribution in [0.25, 0.3) is 0 Å². The van der Waals surface area contributed by atoms with Crippen LogP contribution < -0.4 is 21.7 Å². The Morgan fingerprint density at radius 2 is 0.891 bits per heavy atom. The maximum atomic E-state index is 14.5. The van der Waals surface area contributed by atoms with E-state index >= 15 is 0 Å². The number of carbonyl (C=O) groups excluding carboxylic acids is 7. The first kappa shape index (κ1) is 81.9. The molecule has 0 aliphatic heterocycles. The second-order valence-corrected chi connectivity index (χ2v) is 38.8. The van der Waals surface area contributed by atoms with Gasteiger partial charge in [-0.2, -0.15) is 0 Å². The molecule has 0 bridgehead atoms. The van der Waals surface area contributed by atoms with Crippen molar-refractivity contribution in [1.82, 2.24) is 16.0 Å². The third-order valence-electron chi connectivity index (χ3n) is 31.0. The topological polar surface area (TPSA) is 256 Å². The van der Waals surface area contributed by atoms with Crippen LogP contribution in [0.15, 0.2) is 24.3 Å². The Kier molecular flexibility index (Phi) is 24.2. The molecule has 0 radical (unpaired) electrons. The maximum Gasteiger partial charge on any atom is 0.408 e. The van der Waals surface area contributed by atoms with Gasteiger partial charge in [-0.15, -0.1) is 0 Å². The molecule has 3 amide bonds. The highest BCUT2D eigenvalue weighted by molar-refractivity contribution is 5.87. The number of nitrogens with one attached hydrogen (secondary N) is 3. The third kappa shape index (κ3) is 14.8. The number of fused-ring (bicyclic) bond motifs is 14. The average Bonchev–Trinajstić information content (AvgIpc) is 1.63. The van der Waals surface area contributed by atoms with Crippen molar-refractivity contribution >= 4 is 47.6 Å². The number of allylic oxidation sites excluding steroid dienone is 2. The Bertz CT molecular complexity index is 3120. The lowest BCUT2D eigenvalue weighted by Crippen LogP contribution is -2.67. The van der Waals surface area contributed by atoms with Crippen LogP contribution in [0, 0.1) is 113 Å². The van der Waals surface area contributed by atoms with Crippen LogP contribution in [0.5, 0.6) is 0 Å². The Hall–Kier alpha value is -4.80. The van der Waals surface area contributed by atoms with Gasteiger partial charge in [0.2, 0.25) is 5.91 Å². The summed E-state index contributed by atoms with van der Waals surface area (Å²) in [6, 6.07) is -1.49. The number of rotatable bonds is 17. The quantitative estimate of drug-likeness (QED) is 0.0393. The molecule has 0 aromatic rings. The standard InChI is InChI=1S/C42H68N2O6.C30H46O3.C12H24N2O4/c1-26(2)27-17-22-42(35(47)43-25-13-12-14-29(34(46)49-11)44-36(48)50-37(3,4)5)24-23-40(9)28(33(27)42)15-16-31-39(8)20-19-32(45)38(6,7)30(39)18-21-41(31,40)10;1-18(2)19-10-15-30(25(32)33)17-16-28(6)20(24(19)30)8-9-22-27(5)13-12-23(31)26(3,4)21(27)11-14-29(22,28)7;1-12(2,3)18-11(16)14-9(10(15)17-4)7-5-6-8-13/h27-31,33H,1,12-25H2,2-11H3,(H,43,47)(H,44,48);19-22,24H,1,8-17H2,2-7H3,(H,32,33);9H,5-8,13H2,1-4H3,(H,14,16)/t27?,28-,29?,30+,31-,33?,39+,40-,41-,42?;19?,20-,21+,22-,24?,27+,28-,29-,30?;/m11./s1. The van der Waals surface area contributed by atoms with E-state index in [0.717, 1.165) is 109 Å². The molecule has 17 nitrogen and oxygen atoms in total. The molecule has 10 aliphatic rings. The number of ketones is 2. The summed E-state index contributed by atoms with van der Waals surface area (Å²) in [4.78, 5) is 101. The zero-order chi connectivity index (χ0) is 75.5. The Balaban J connectivity index is 0.000000217. The molecule has 572 valence electrons. The minimum Gasteiger partial charge on any atom is -0.481 e. The second kappa shape index (κ2) is 29.9. The monoisotopic (exact) mass is 1410 g/mol. The number of methoxy groups -OCH3 is 2. The van der Waals surface area contributed by atoms with E-state index in [1.54, 1.807) is 41.5 Å². The van der Waals surface area contributed by atoms with Crippen LogP contribution in [0.2, 0.25) is 0 Å². The zero-order valence-corrected chi connectivity index (χ0v) is 66.6. The molecule has 0 saturated heterocycles. The van der Waals surface area contributed by atoms with Crippen LogP contribution in [0.4, 0.5) is 9.59 Å². The number of carboxylic acids is 1. The lowest BCUT2D eigenvalue weighted by atomic mass is 9.32. The number of Topliss-reactive ketones (excluding diaryl/α,β-unsaturated/α-hetero) is 2. The van der Waals surface area contributed by atoms with Crippen molar-refractivity contribution in [2.45, 2.75) is 315 Å². The molecule has 10 fully saturated rings. The van der Waals surface area contributed by atoms with E-state index in [0.29, 0.717) is 104 Å². The van der Waals surface area contributed by atoms with Crippen molar-refractivity contribution in [3.63, 3.8) is 0 Å². The van der Waals surface area contributed by atoms with Gasteiger partial charge in [0.25, 0.3) is 0 Å². The van der Waals surface area contributed by atoms with E-state index < -0.39 is 58.8 Å². The summed E-state index contributed by atoms with van der Waals surface area (Å²) in [5, 5.41) is 19.0. The number of carboxylic acid groups (broad SMARTS) is 1. The molecule has 8 unspecified atom stereocenters. The molecule has 10 saturated carbocycles. The van der Waals surface area contributed by atoms with Gasteiger partial charge in [-0.05, 0) is 308 Å². The van der Waals surface area contributed by atoms with E-state index in [9.17, 15) is 43.5 Å². The van der Waals surface area contributed by atoms with Crippen LogP contribution in [0.3, 0.4) is 0 Å². The van der Waals surface area contributed by atoms with Crippen molar-refractivity contribution < 1.29 is 62.4 Å². The number of hydrogen-bond donors (Lipinski definition) is 5. The molecule has 6 N–H and O–H groups in total. The van der Waals surface area contributed by atoms with Crippen LogP contribution >= 0.6 is 0 Å². The number of unbranched alkanes of at least 4 members (excludes halogenated alkanes) is 2. The first-order valence-electron chi connectivity index (χ1n) is 39.5. The van der Waals surface area contributed by atoms with E-state index in [2.05, 4.69) is 117 Å². The number of ether oxygens (including phenoxy) is 4. The zero-order valence-electron chi connectivity index (χ0n) is 66.6. The number of amides is 3. The fraction of sp³-hybridized carbons (Fsp3) is 0.857. The number of carbonyl (C=O) groups is 8. The molecular formula is C84H138N4O13. The van der Waals surface area contributed by atoms with Gasteiger partial charge in [0.05, 0.1) is 25.0 Å². The number of hydrogen-bond acceptors (Lipinski definition) is 13. The normalized spacial score (nSPS) is 39.1. The van der Waals surface area contributed by atoms with Gasteiger partial charge < -0.3 is 45.7 Å². The Morgan fingerprint density at radius 1 is 0.505 bits per heavy atom. The Labute approximate surface area is 608 Å². The molecule has 0 heterocycles. The molecule has 0 spiro atoms. The minimum absolute atomic E-state index is 0.131. The number of nitrogens with two attached hydrogens (primary N) is 1. The van der Waals surface area contributed by atoms with E-state index in [4.69, 9.17) is 19.9 Å². The van der Waals surface area contributed by atoms with Crippen LogP contribution in [-0.2, 0) is 47.7 Å². The molecule has 101 heavy (non-hydrogen) atoms. The van der Waals surface area contributed by atoms with E-state index in [1.807, 2.05) is 0 Å². The second-order valence-electron chi connectivity index (χ2n) is 38.8. The molecule has 10 rings (SSSR count). The third-order valence-corrected chi connectivity index (χ3v) is 31.0. The molecule has 20 atom stereocenters. The summed E-state index contributed by atoms with van der Waals surface area (Å²) in [5.41, 5.74) is 6.19. The Morgan fingerprint density at radius 3 is 1.27 bits per heavy atom. The molecule has 17 heteroatoms. The highest BCUT2D eigenvalue weighted by atomic mass is 16.6. The van der Waals surface area contributed by atoms with Gasteiger partial charge >= 0.3 is 30.1 Å². The lowest BCUT2D eigenvalue weighted by molar-refractivity contribution is -0.235. The van der Waals surface area contributed by atoms with Gasteiger partial charge in [0.1, 0.15) is 34.9 Å². The molecule has 0 aromatic carbocycles. The van der Waals surface area contributed by atoms with Crippen molar-refractivity contribution in [1.29, 1.82) is 0 Å². The maximum absolute atomic E-state index is 14.5. The van der Waals surface area contributed by atoms with E-state index in [-0.39, 0.29) is 66.5 Å². The predicted molar refractivity (Wildman–Crippen MR) is 396 cm³/mol. The molecular weight excluding hydrogens is 1270 g/mol. The number of esters is 2. The molecule has 0 aromatic heterocycles. The van der Waals surface area contributed by atoms with Gasteiger partial charge in [-0.1, -0.05) is 93.5 Å². The van der Waals surface area contributed by atoms with Gasteiger partial charge in [0, 0.05) is 30.2 Å². The van der Waals surface area contributed by atoms with Crippen molar-refractivity contribution in [2.24, 2.45) is 119 Å². The SMILES string of the molecule is C=C(C)C1CCC2(C(=O)NCCCCC(NC(=O)OC(C)(C)C)C(=O)OC)CC[C@]3(C)[C@H](CC[C@@H]4[C@@]5(C)CCC(=O)C(C)(C)[C@@H]5CC[C@]43C)C12.C=C(C)C1CCC2(C(=O)O)CC[C@]3(C)[C@H](CC[C@@H]4[C@@]5(C)CCC(=O)C(C)(C)[C@@H]5CC[C@]43C)C12.COC(=O)C(CCCCN)NC(=O)OC(C)(C)C.